The Morgan fingerprint density at radius 2 is 1.00 bits per heavy atom. The lowest BCUT2D eigenvalue weighted by Gasteiger charge is -2.24. The minimum atomic E-state index is -3.77. The minimum absolute atomic E-state index is 0.0627. The van der Waals surface area contributed by atoms with Gasteiger partial charge in [-0.2, -0.15) is 0 Å². The van der Waals surface area contributed by atoms with Gasteiger partial charge in [0.1, 0.15) is 0 Å². The van der Waals surface area contributed by atoms with E-state index in [1.165, 1.54) is 6.07 Å². The third-order valence-electron chi connectivity index (χ3n) is 5.91. The first-order valence-electron chi connectivity index (χ1n) is 10.3. The predicted molar refractivity (Wildman–Crippen MR) is 110 cm³/mol. The molecule has 1 aromatic rings. The molecule has 2 aliphatic carbocycles. The molecule has 2 fully saturated rings. The standard InChI is InChI=1S/C20H32N2O4S2/c1-15-13-16(2)20(28(25,26)22-18-11-7-4-8-12-18)14-19(15)27(23,24)21-17-9-5-3-6-10-17/h13-14,17-18,21-22H,3-12H2,1-2H3. The lowest BCUT2D eigenvalue weighted by Crippen LogP contribution is -2.37. The molecule has 158 valence electrons. The van der Waals surface area contributed by atoms with Crippen LogP contribution in [-0.4, -0.2) is 28.9 Å². The van der Waals surface area contributed by atoms with E-state index >= 15 is 0 Å². The number of nitrogens with one attached hydrogen (secondary N) is 2. The molecule has 0 unspecified atom stereocenters. The van der Waals surface area contributed by atoms with E-state index in [2.05, 4.69) is 9.44 Å². The Hall–Kier alpha value is -0.960. The van der Waals surface area contributed by atoms with Crippen LogP contribution in [0.25, 0.3) is 0 Å². The molecule has 0 aromatic heterocycles. The Balaban J connectivity index is 1.88. The number of hydrogen-bond donors (Lipinski definition) is 2. The first kappa shape index (κ1) is 21.7. The van der Waals surface area contributed by atoms with E-state index in [1.807, 2.05) is 0 Å². The summed E-state index contributed by atoms with van der Waals surface area (Å²) in [4.78, 5) is 0.125. The van der Waals surface area contributed by atoms with Gasteiger partial charge in [0.2, 0.25) is 20.0 Å². The topological polar surface area (TPSA) is 92.3 Å². The minimum Gasteiger partial charge on any atom is -0.208 e. The molecule has 3 rings (SSSR count). The van der Waals surface area contributed by atoms with Gasteiger partial charge in [-0.25, -0.2) is 26.3 Å². The van der Waals surface area contributed by atoms with Crippen molar-refractivity contribution in [1.29, 1.82) is 0 Å². The zero-order valence-electron chi connectivity index (χ0n) is 16.8. The summed E-state index contributed by atoms with van der Waals surface area (Å²) in [5.41, 5.74) is 1.13. The molecule has 6 nitrogen and oxygen atoms in total. The molecule has 0 radical (unpaired) electrons. The molecule has 0 bridgehead atoms. The van der Waals surface area contributed by atoms with Crippen LogP contribution in [0.1, 0.15) is 75.3 Å². The van der Waals surface area contributed by atoms with E-state index in [-0.39, 0.29) is 21.9 Å². The van der Waals surface area contributed by atoms with Crippen molar-refractivity contribution in [3.05, 3.63) is 23.3 Å². The fourth-order valence-electron chi connectivity index (χ4n) is 4.40. The first-order chi connectivity index (χ1) is 13.2. The monoisotopic (exact) mass is 428 g/mol. The SMILES string of the molecule is Cc1cc(C)c(S(=O)(=O)NC2CCCCC2)cc1S(=O)(=O)NC1CCCCC1. The zero-order valence-corrected chi connectivity index (χ0v) is 18.5. The van der Waals surface area contributed by atoms with Gasteiger partial charge >= 0.3 is 0 Å². The Labute approximate surface area is 169 Å². The van der Waals surface area contributed by atoms with Gasteiger partial charge in [-0.3, -0.25) is 0 Å². The van der Waals surface area contributed by atoms with E-state index in [0.29, 0.717) is 11.1 Å². The van der Waals surface area contributed by atoms with Crippen molar-refractivity contribution < 1.29 is 16.8 Å². The van der Waals surface area contributed by atoms with Crippen LogP contribution in [0.2, 0.25) is 0 Å². The molecule has 0 amide bonds. The summed E-state index contributed by atoms with van der Waals surface area (Å²) in [6.07, 6.45) is 9.67. The van der Waals surface area contributed by atoms with Crippen LogP contribution in [0.5, 0.6) is 0 Å². The fraction of sp³-hybridized carbons (Fsp3) is 0.700. The summed E-state index contributed by atoms with van der Waals surface area (Å²) in [6.45, 7) is 3.43. The molecule has 0 atom stereocenters. The largest absolute Gasteiger partial charge is 0.241 e. The number of hydrogen-bond acceptors (Lipinski definition) is 4. The van der Waals surface area contributed by atoms with E-state index in [0.717, 1.165) is 64.2 Å². The number of rotatable bonds is 6. The van der Waals surface area contributed by atoms with Crippen molar-refractivity contribution in [2.75, 3.05) is 0 Å². The highest BCUT2D eigenvalue weighted by atomic mass is 32.2. The van der Waals surface area contributed by atoms with Crippen LogP contribution < -0.4 is 9.44 Å². The maximum atomic E-state index is 13.0. The molecule has 0 aliphatic heterocycles. The van der Waals surface area contributed by atoms with Crippen molar-refractivity contribution in [2.45, 2.75) is 99.9 Å². The van der Waals surface area contributed by atoms with Gasteiger partial charge in [0, 0.05) is 12.1 Å². The quantitative estimate of drug-likeness (QED) is 0.725. The lowest BCUT2D eigenvalue weighted by atomic mass is 9.96. The normalized spacial score (nSPS) is 20.4. The van der Waals surface area contributed by atoms with Crippen molar-refractivity contribution in [3.8, 4) is 0 Å². The molecule has 1 aromatic carbocycles. The Kier molecular flexibility index (Phi) is 6.84. The van der Waals surface area contributed by atoms with Gasteiger partial charge in [0.15, 0.2) is 0 Å². The van der Waals surface area contributed by atoms with Gasteiger partial charge in [-0.15, -0.1) is 0 Å². The summed E-state index contributed by atoms with van der Waals surface area (Å²) in [7, 11) is -7.53. The van der Waals surface area contributed by atoms with Gasteiger partial charge in [-0.05, 0) is 56.7 Å². The summed E-state index contributed by atoms with van der Waals surface area (Å²) < 4.78 is 57.5. The maximum absolute atomic E-state index is 13.0. The van der Waals surface area contributed by atoms with Crippen molar-refractivity contribution in [3.63, 3.8) is 0 Å². The number of sulfonamides is 2. The molecule has 8 heteroatoms. The van der Waals surface area contributed by atoms with Gasteiger partial charge in [-0.1, -0.05) is 44.6 Å². The molecule has 0 saturated heterocycles. The highest BCUT2D eigenvalue weighted by Crippen LogP contribution is 2.27. The predicted octanol–water partition coefficient (Wildman–Crippen LogP) is 3.53. The Morgan fingerprint density at radius 1 is 0.643 bits per heavy atom. The summed E-state index contributed by atoms with van der Waals surface area (Å²) >= 11 is 0. The maximum Gasteiger partial charge on any atom is 0.241 e. The second kappa shape index (κ2) is 8.81. The third-order valence-corrected chi connectivity index (χ3v) is 9.23. The Bertz CT molecular complexity index is 827. The molecular weight excluding hydrogens is 396 g/mol. The van der Waals surface area contributed by atoms with E-state index in [1.54, 1.807) is 19.9 Å². The van der Waals surface area contributed by atoms with E-state index in [9.17, 15) is 16.8 Å². The van der Waals surface area contributed by atoms with Crippen molar-refractivity contribution in [1.82, 2.24) is 9.44 Å². The number of aryl methyl sites for hydroxylation is 2. The first-order valence-corrected chi connectivity index (χ1v) is 13.3. The average molecular weight is 429 g/mol. The third kappa shape index (κ3) is 5.14. The second-order valence-electron chi connectivity index (χ2n) is 8.30. The molecule has 28 heavy (non-hydrogen) atoms. The molecule has 0 heterocycles. The van der Waals surface area contributed by atoms with Crippen LogP contribution in [0.3, 0.4) is 0 Å². The van der Waals surface area contributed by atoms with Gasteiger partial charge < -0.3 is 0 Å². The highest BCUT2D eigenvalue weighted by Gasteiger charge is 2.28. The van der Waals surface area contributed by atoms with Crippen LogP contribution in [0.4, 0.5) is 0 Å². The molecule has 0 spiro atoms. The van der Waals surface area contributed by atoms with E-state index in [4.69, 9.17) is 0 Å². The molecule has 2 N–H and O–H groups in total. The van der Waals surface area contributed by atoms with Crippen molar-refractivity contribution in [2.24, 2.45) is 0 Å². The average Bonchev–Trinajstić information content (AvgIpc) is 2.62. The summed E-state index contributed by atoms with van der Waals surface area (Å²) in [5, 5.41) is 0. The molecular formula is C20H32N2O4S2. The smallest absolute Gasteiger partial charge is 0.208 e. The van der Waals surface area contributed by atoms with Crippen LogP contribution in [0, 0.1) is 13.8 Å². The summed E-state index contributed by atoms with van der Waals surface area (Å²) in [6, 6.07) is 2.85. The van der Waals surface area contributed by atoms with Gasteiger partial charge in [0.25, 0.3) is 0 Å². The van der Waals surface area contributed by atoms with Gasteiger partial charge in [0.05, 0.1) is 9.79 Å². The fourth-order valence-corrected chi connectivity index (χ4v) is 7.59. The summed E-state index contributed by atoms with van der Waals surface area (Å²) in [5.74, 6) is 0. The second-order valence-corrected chi connectivity index (χ2v) is 11.7. The van der Waals surface area contributed by atoms with Crippen LogP contribution in [-0.2, 0) is 20.0 Å². The van der Waals surface area contributed by atoms with Crippen LogP contribution >= 0.6 is 0 Å². The lowest BCUT2D eigenvalue weighted by molar-refractivity contribution is 0.411. The molecule has 2 saturated carbocycles. The van der Waals surface area contributed by atoms with E-state index < -0.39 is 20.0 Å². The number of benzene rings is 1. The zero-order chi connectivity index (χ0) is 20.4. The highest BCUT2D eigenvalue weighted by molar-refractivity contribution is 7.90. The van der Waals surface area contributed by atoms with Crippen molar-refractivity contribution >= 4 is 20.0 Å². The Morgan fingerprint density at radius 3 is 1.36 bits per heavy atom. The van der Waals surface area contributed by atoms with Crippen LogP contribution in [0.15, 0.2) is 21.9 Å². The molecule has 2 aliphatic rings.